The van der Waals surface area contributed by atoms with Crippen LogP contribution < -0.4 is 0 Å². The number of hydrogen-bond donors (Lipinski definition) is 0. The molecule has 0 radical (unpaired) electrons. The van der Waals surface area contributed by atoms with Crippen LogP contribution in [0.1, 0.15) is 19.3 Å². The van der Waals surface area contributed by atoms with Crippen molar-refractivity contribution in [1.29, 1.82) is 0 Å². The van der Waals surface area contributed by atoms with Gasteiger partial charge in [-0.3, -0.25) is 20.2 Å². The summed E-state index contributed by atoms with van der Waals surface area (Å²) in [6.07, 6.45) is 2.41. The van der Waals surface area contributed by atoms with Gasteiger partial charge in [-0.1, -0.05) is 6.42 Å². The number of nitro groups is 2. The van der Waals surface area contributed by atoms with Crippen molar-refractivity contribution in [3.8, 4) is 0 Å². The second kappa shape index (κ2) is 4.15. The van der Waals surface area contributed by atoms with Crippen LogP contribution in [0.5, 0.6) is 0 Å². The van der Waals surface area contributed by atoms with E-state index in [9.17, 15) is 20.2 Å². The first-order valence-corrected chi connectivity index (χ1v) is 4.33. The second-order valence-electron chi connectivity index (χ2n) is 3.48. The van der Waals surface area contributed by atoms with Crippen molar-refractivity contribution >= 4 is 0 Å². The predicted octanol–water partition coefficient (Wildman–Crippen LogP) is 0.956. The normalized spacial score (nSPS) is 27.4. The van der Waals surface area contributed by atoms with E-state index < -0.39 is 0 Å². The van der Waals surface area contributed by atoms with Crippen LogP contribution in [-0.4, -0.2) is 22.9 Å². The van der Waals surface area contributed by atoms with Crippen molar-refractivity contribution in [2.75, 3.05) is 13.1 Å². The smallest absolute Gasteiger partial charge is 0.207 e. The van der Waals surface area contributed by atoms with Gasteiger partial charge >= 0.3 is 0 Å². The molecule has 0 bridgehead atoms. The molecule has 0 aromatic heterocycles. The standard InChI is InChI=1S/C7H12N2O4/c10-8(11)4-6-2-1-3-7(6)5-9(12)13/h6-7H,1-5H2/t6-,7-/m0/s1. The molecule has 0 amide bonds. The first kappa shape index (κ1) is 9.88. The van der Waals surface area contributed by atoms with E-state index >= 15 is 0 Å². The molecule has 13 heavy (non-hydrogen) atoms. The van der Waals surface area contributed by atoms with Gasteiger partial charge in [0.1, 0.15) is 0 Å². The van der Waals surface area contributed by atoms with Gasteiger partial charge in [0.15, 0.2) is 0 Å². The highest BCUT2D eigenvalue weighted by Gasteiger charge is 2.34. The van der Waals surface area contributed by atoms with Gasteiger partial charge in [-0.25, -0.2) is 0 Å². The first-order chi connectivity index (χ1) is 6.09. The minimum Gasteiger partial charge on any atom is -0.265 e. The number of hydrogen-bond acceptors (Lipinski definition) is 4. The summed E-state index contributed by atoms with van der Waals surface area (Å²) in [5.74, 6) is -0.166. The topological polar surface area (TPSA) is 86.3 Å². The molecule has 0 unspecified atom stereocenters. The second-order valence-corrected chi connectivity index (χ2v) is 3.48. The maximum Gasteiger partial charge on any atom is 0.207 e. The lowest BCUT2D eigenvalue weighted by atomic mass is 9.96. The number of rotatable bonds is 4. The molecule has 1 aliphatic carbocycles. The Morgan fingerprint density at radius 1 is 1.00 bits per heavy atom. The fourth-order valence-electron chi connectivity index (χ4n) is 1.98. The summed E-state index contributed by atoms with van der Waals surface area (Å²) in [7, 11) is 0. The lowest BCUT2D eigenvalue weighted by molar-refractivity contribution is -0.506. The Hall–Kier alpha value is -1.20. The highest BCUT2D eigenvalue weighted by atomic mass is 16.6. The Morgan fingerprint density at radius 2 is 1.38 bits per heavy atom. The molecule has 0 aliphatic heterocycles. The maximum absolute atomic E-state index is 10.2. The van der Waals surface area contributed by atoms with Gasteiger partial charge in [0, 0.05) is 21.7 Å². The lowest BCUT2D eigenvalue weighted by Crippen LogP contribution is -2.24. The fourth-order valence-corrected chi connectivity index (χ4v) is 1.98. The van der Waals surface area contributed by atoms with Gasteiger partial charge in [-0.15, -0.1) is 0 Å². The van der Waals surface area contributed by atoms with Crippen molar-refractivity contribution in [3.63, 3.8) is 0 Å². The van der Waals surface area contributed by atoms with Gasteiger partial charge in [0.2, 0.25) is 13.1 Å². The average Bonchev–Trinajstić information content (AvgIpc) is 2.34. The summed E-state index contributed by atoms with van der Waals surface area (Å²) >= 11 is 0. The van der Waals surface area contributed by atoms with Gasteiger partial charge in [0.25, 0.3) is 0 Å². The Bertz CT molecular complexity index is 197. The van der Waals surface area contributed by atoms with Crippen molar-refractivity contribution in [3.05, 3.63) is 20.2 Å². The van der Waals surface area contributed by atoms with Gasteiger partial charge < -0.3 is 0 Å². The third-order valence-electron chi connectivity index (χ3n) is 2.58. The van der Waals surface area contributed by atoms with Crippen molar-refractivity contribution in [2.45, 2.75) is 19.3 Å². The van der Waals surface area contributed by atoms with Gasteiger partial charge in [0.05, 0.1) is 0 Å². The molecule has 0 N–H and O–H groups in total. The molecule has 0 saturated heterocycles. The minimum absolute atomic E-state index is 0.0830. The molecule has 0 heterocycles. The van der Waals surface area contributed by atoms with Crippen LogP contribution in [0.2, 0.25) is 0 Å². The molecule has 2 atom stereocenters. The van der Waals surface area contributed by atoms with E-state index in [0.717, 1.165) is 19.3 Å². The zero-order valence-corrected chi connectivity index (χ0v) is 7.22. The Balaban J connectivity index is 2.43. The highest BCUT2D eigenvalue weighted by molar-refractivity contribution is 4.76. The highest BCUT2D eigenvalue weighted by Crippen LogP contribution is 2.31. The predicted molar refractivity (Wildman–Crippen MR) is 44.6 cm³/mol. The summed E-state index contributed by atoms with van der Waals surface area (Å²) in [6, 6.07) is 0. The molecule has 0 aromatic carbocycles. The minimum atomic E-state index is -0.372. The molecule has 0 aromatic rings. The molecule has 74 valence electrons. The Labute approximate surface area is 75.2 Å². The van der Waals surface area contributed by atoms with Gasteiger partial charge in [-0.2, -0.15) is 0 Å². The average molecular weight is 188 g/mol. The summed E-state index contributed by atoms with van der Waals surface area (Å²) in [5.41, 5.74) is 0. The van der Waals surface area contributed by atoms with Crippen LogP contribution in [0.15, 0.2) is 0 Å². The Kier molecular flexibility index (Phi) is 3.16. The summed E-state index contributed by atoms with van der Waals surface area (Å²) in [6.45, 7) is -0.225. The van der Waals surface area contributed by atoms with E-state index in [1.807, 2.05) is 0 Å². The quantitative estimate of drug-likeness (QED) is 0.485. The summed E-state index contributed by atoms with van der Waals surface area (Å²) in [4.78, 5) is 19.7. The summed E-state index contributed by atoms with van der Waals surface area (Å²) in [5, 5.41) is 20.4. The largest absolute Gasteiger partial charge is 0.265 e. The van der Waals surface area contributed by atoms with E-state index in [1.165, 1.54) is 0 Å². The molecular weight excluding hydrogens is 176 g/mol. The van der Waals surface area contributed by atoms with Crippen LogP contribution in [0, 0.1) is 32.1 Å². The van der Waals surface area contributed by atoms with E-state index in [1.54, 1.807) is 0 Å². The van der Waals surface area contributed by atoms with Crippen LogP contribution in [0.3, 0.4) is 0 Å². The Morgan fingerprint density at radius 3 is 1.69 bits per heavy atom. The van der Waals surface area contributed by atoms with E-state index in [0.29, 0.717) is 0 Å². The van der Waals surface area contributed by atoms with Crippen LogP contribution >= 0.6 is 0 Å². The molecule has 0 spiro atoms. The van der Waals surface area contributed by atoms with E-state index in [4.69, 9.17) is 0 Å². The first-order valence-electron chi connectivity index (χ1n) is 4.33. The van der Waals surface area contributed by atoms with Crippen LogP contribution in [-0.2, 0) is 0 Å². The number of nitrogens with zero attached hydrogens (tertiary/aromatic N) is 2. The molecule has 6 heteroatoms. The third kappa shape index (κ3) is 2.96. The molecular formula is C7H12N2O4. The summed E-state index contributed by atoms with van der Waals surface area (Å²) < 4.78 is 0. The van der Waals surface area contributed by atoms with Crippen molar-refractivity contribution in [2.24, 2.45) is 11.8 Å². The molecule has 1 rings (SSSR count). The van der Waals surface area contributed by atoms with E-state index in [2.05, 4.69) is 0 Å². The molecule has 6 nitrogen and oxygen atoms in total. The molecule has 1 fully saturated rings. The zero-order chi connectivity index (χ0) is 9.84. The fraction of sp³-hybridized carbons (Fsp3) is 1.00. The van der Waals surface area contributed by atoms with E-state index in [-0.39, 0.29) is 34.8 Å². The SMILES string of the molecule is O=[N+]([O-])C[C@@H]1CCC[C@H]1C[N+](=O)[O-]. The lowest BCUT2D eigenvalue weighted by Gasteiger charge is -2.10. The third-order valence-corrected chi connectivity index (χ3v) is 2.58. The monoisotopic (exact) mass is 188 g/mol. The van der Waals surface area contributed by atoms with Crippen LogP contribution in [0.4, 0.5) is 0 Å². The molecule has 1 saturated carbocycles. The van der Waals surface area contributed by atoms with Crippen LogP contribution in [0.25, 0.3) is 0 Å². The van der Waals surface area contributed by atoms with Crippen molar-refractivity contribution < 1.29 is 9.85 Å². The maximum atomic E-state index is 10.2. The zero-order valence-electron chi connectivity index (χ0n) is 7.22. The molecule has 1 aliphatic rings. The van der Waals surface area contributed by atoms with Gasteiger partial charge in [-0.05, 0) is 12.8 Å². The van der Waals surface area contributed by atoms with Crippen molar-refractivity contribution in [1.82, 2.24) is 0 Å².